The van der Waals surface area contributed by atoms with E-state index < -0.39 is 90.4 Å². The van der Waals surface area contributed by atoms with Crippen molar-refractivity contribution in [3.05, 3.63) is 251 Å². The van der Waals surface area contributed by atoms with Crippen molar-refractivity contribution in [1.29, 1.82) is 0 Å². The molecule has 24 nitrogen and oxygen atoms in total. The second-order valence-corrected chi connectivity index (χ2v) is 27.4. The highest BCUT2D eigenvalue weighted by atomic mass is 16.6. The maximum absolute atomic E-state index is 12.7. The summed E-state index contributed by atoms with van der Waals surface area (Å²) in [6.45, 7) is 19.0. The van der Waals surface area contributed by atoms with Crippen LogP contribution in [0.3, 0.4) is 0 Å². The van der Waals surface area contributed by atoms with Crippen LogP contribution in [0.1, 0.15) is 115 Å². The van der Waals surface area contributed by atoms with E-state index in [1.165, 1.54) is 0 Å². The molecule has 0 spiro atoms. The molecule has 0 unspecified atom stereocenters. The normalized spacial score (nSPS) is 12.8. The average molecular weight is 1500 g/mol. The molecule has 0 saturated heterocycles. The molecule has 0 bridgehead atoms. The van der Waals surface area contributed by atoms with Crippen LogP contribution in [0.5, 0.6) is 0 Å². The third kappa shape index (κ3) is 36.8. The van der Waals surface area contributed by atoms with E-state index in [1.807, 2.05) is 282 Å². The van der Waals surface area contributed by atoms with E-state index in [0.717, 1.165) is 45.2 Å². The van der Waals surface area contributed by atoms with Crippen LogP contribution in [0.4, 0.5) is 19.2 Å². The molecule has 0 heterocycles. The van der Waals surface area contributed by atoms with E-state index >= 15 is 0 Å². The van der Waals surface area contributed by atoms with Gasteiger partial charge >= 0.3 is 24.4 Å². The second-order valence-electron chi connectivity index (χ2n) is 27.4. The van der Waals surface area contributed by atoms with Crippen molar-refractivity contribution in [2.45, 2.75) is 170 Å². The summed E-state index contributed by atoms with van der Waals surface area (Å²) in [6, 6.07) is 59.6. The second kappa shape index (κ2) is 50.6. The summed E-state index contributed by atoms with van der Waals surface area (Å²) in [7, 11) is 0. The number of ether oxygens (including phenoxy) is 4. The van der Waals surface area contributed by atoms with Crippen molar-refractivity contribution in [3.8, 4) is 0 Å². The maximum atomic E-state index is 12.7. The van der Waals surface area contributed by atoms with Crippen molar-refractivity contribution in [3.63, 3.8) is 0 Å². The first-order chi connectivity index (χ1) is 52.3. The first-order valence-electron chi connectivity index (χ1n) is 36.3. The number of amides is 8. The van der Waals surface area contributed by atoms with Gasteiger partial charge in [-0.05, 0) is 87.8 Å². The fourth-order valence-electron chi connectivity index (χ4n) is 10.3. The number of rotatable bonds is 36. The predicted molar refractivity (Wildman–Crippen MR) is 415 cm³/mol. The molecular weight excluding hydrogens is 1390 g/mol. The van der Waals surface area contributed by atoms with Gasteiger partial charge in [-0.15, -0.1) is 0 Å². The van der Waals surface area contributed by atoms with Gasteiger partial charge in [0.1, 0.15) is 75.7 Å². The van der Waals surface area contributed by atoms with Crippen LogP contribution in [-0.2, 0) is 103 Å². The zero-order valence-electron chi connectivity index (χ0n) is 63.7. The Balaban J connectivity index is 0.000000307. The summed E-state index contributed by atoms with van der Waals surface area (Å²) < 4.78 is 20.8. The van der Waals surface area contributed by atoms with Crippen molar-refractivity contribution in [1.82, 2.24) is 42.5 Å². The standard InChI is InChI=1S/3C22H26N2O4.C19H28N2O4/c1-16(2)20(14-25)23-21(26)19(13-17-9-5-3-6-10-17)24-22(27)28-15-18-11-7-4-8-12-18;2*1-16(2)20(24-22(27)28-15-18-11-7-4-8-12-18)21(26)23-19(14-25)13-17-9-5-3-6-10-17;1-13(2)10-16(11-22)20-18(23)17(14(3)4)21-19(24)25-12-15-8-6-5-7-9-15/h3*3-12,14,16,19-20H,13,15H2,1-2H3,(H,23,26)(H,24,27);5-9,11,13-14,16-17H,10,12H2,1-4H3,(H,20,23)(H,21,24)/t19-,20-;19-,20+;19-,20-;16-,17-/m1100/s1. The molecule has 0 aliphatic rings. The Morgan fingerprint density at radius 3 is 0.761 bits per heavy atom. The van der Waals surface area contributed by atoms with E-state index in [2.05, 4.69) is 42.5 Å². The SMILES string of the molecule is CC(C)C[C@@H](C=O)NC(=O)[C@@H](NC(=O)OCc1ccccc1)C(C)C.CC(C)[C@@H](C=O)NC(=O)[C@@H](Cc1ccccc1)NC(=O)OCc1ccccc1.CC(C)[C@H](NC(=O)OCc1ccccc1)C(=O)N[C@@H](C=O)Cc1ccccc1.CC(C)[C@H](NC(=O)OCc1ccccc1)C(=O)N[C@H](C=O)Cc1ccccc1. The van der Waals surface area contributed by atoms with Crippen LogP contribution >= 0.6 is 0 Å². The number of hydrogen-bond acceptors (Lipinski definition) is 16. The van der Waals surface area contributed by atoms with Crippen molar-refractivity contribution < 1.29 is 76.5 Å². The molecule has 582 valence electrons. The Morgan fingerprint density at radius 1 is 0.275 bits per heavy atom. The number of benzene rings is 7. The average Bonchev–Trinajstić information content (AvgIpc) is 0.890. The van der Waals surface area contributed by atoms with Gasteiger partial charge in [0.2, 0.25) is 23.6 Å². The van der Waals surface area contributed by atoms with E-state index in [9.17, 15) is 57.5 Å². The Bertz CT molecular complexity index is 3710. The molecule has 8 N–H and O–H groups in total. The lowest BCUT2D eigenvalue weighted by Crippen LogP contribution is -2.52. The number of carbonyl (C=O) groups excluding carboxylic acids is 12. The number of nitrogens with one attached hydrogen (secondary N) is 8. The molecule has 0 aliphatic heterocycles. The van der Waals surface area contributed by atoms with Crippen molar-refractivity contribution in [2.24, 2.45) is 29.6 Å². The first-order valence-corrected chi connectivity index (χ1v) is 36.3. The summed E-state index contributed by atoms with van der Waals surface area (Å²) >= 11 is 0. The summed E-state index contributed by atoms with van der Waals surface area (Å²) in [5, 5.41) is 21.1. The zero-order chi connectivity index (χ0) is 79.9. The summed E-state index contributed by atoms with van der Waals surface area (Å²) in [4.78, 5) is 144. The van der Waals surface area contributed by atoms with Crippen LogP contribution in [0.2, 0.25) is 0 Å². The molecule has 8 atom stereocenters. The van der Waals surface area contributed by atoms with Crippen LogP contribution < -0.4 is 42.5 Å². The van der Waals surface area contributed by atoms with Crippen LogP contribution in [0.15, 0.2) is 212 Å². The monoisotopic (exact) mass is 1490 g/mol. The lowest BCUT2D eigenvalue weighted by molar-refractivity contribution is -0.127. The van der Waals surface area contributed by atoms with Crippen LogP contribution in [0.25, 0.3) is 0 Å². The van der Waals surface area contributed by atoms with Gasteiger partial charge in [0.15, 0.2) is 0 Å². The molecule has 109 heavy (non-hydrogen) atoms. The summed E-state index contributed by atoms with van der Waals surface area (Å²) in [6.07, 6.45) is 1.75. The number of aldehydes is 4. The molecule has 7 aromatic rings. The highest BCUT2D eigenvalue weighted by Gasteiger charge is 2.31. The van der Waals surface area contributed by atoms with Crippen molar-refractivity contribution in [2.75, 3.05) is 0 Å². The van der Waals surface area contributed by atoms with Gasteiger partial charge in [-0.3, -0.25) is 19.2 Å². The van der Waals surface area contributed by atoms with Gasteiger partial charge in [-0.25, -0.2) is 19.2 Å². The quantitative estimate of drug-likeness (QED) is 0.0134. The third-order valence-corrected chi connectivity index (χ3v) is 16.4. The van der Waals surface area contributed by atoms with Gasteiger partial charge in [0, 0.05) is 6.42 Å². The van der Waals surface area contributed by atoms with Gasteiger partial charge in [-0.2, -0.15) is 0 Å². The van der Waals surface area contributed by atoms with Gasteiger partial charge in [0.05, 0.1) is 24.2 Å². The van der Waals surface area contributed by atoms with Gasteiger partial charge < -0.3 is 80.7 Å². The number of carbonyl (C=O) groups is 12. The van der Waals surface area contributed by atoms with Gasteiger partial charge in [0.25, 0.3) is 0 Å². The molecule has 7 rings (SSSR count). The highest BCUT2D eigenvalue weighted by Crippen LogP contribution is 2.14. The van der Waals surface area contributed by atoms with E-state index in [4.69, 9.17) is 18.9 Å². The van der Waals surface area contributed by atoms with Gasteiger partial charge in [-0.1, -0.05) is 282 Å². The molecule has 0 radical (unpaired) electrons. The number of alkyl carbamates (subject to hydrolysis) is 4. The molecule has 7 aromatic carbocycles. The number of hydrogen-bond donors (Lipinski definition) is 8. The molecular formula is C85H106N8O16. The largest absolute Gasteiger partial charge is 0.445 e. The Labute approximate surface area is 639 Å². The smallest absolute Gasteiger partial charge is 0.408 e. The fraction of sp³-hybridized carbons (Fsp3) is 0.365. The minimum atomic E-state index is -0.855. The Kier molecular flexibility index (Phi) is 41.6. The van der Waals surface area contributed by atoms with E-state index in [-0.39, 0.29) is 68.3 Å². The molecule has 0 fully saturated rings. The minimum Gasteiger partial charge on any atom is -0.445 e. The lowest BCUT2D eigenvalue weighted by Gasteiger charge is -2.24. The molecule has 0 aliphatic carbocycles. The zero-order valence-corrected chi connectivity index (χ0v) is 63.7. The fourth-order valence-corrected chi connectivity index (χ4v) is 10.3. The first kappa shape index (κ1) is 89.6. The molecule has 0 saturated carbocycles. The van der Waals surface area contributed by atoms with E-state index in [0.29, 0.717) is 38.1 Å². The topological polar surface area (TPSA) is 338 Å². The Hall–Kier alpha value is -11.8. The summed E-state index contributed by atoms with van der Waals surface area (Å²) in [5.41, 5.74) is 6.19. The van der Waals surface area contributed by atoms with E-state index in [1.54, 1.807) is 0 Å². The summed E-state index contributed by atoms with van der Waals surface area (Å²) in [5.74, 6) is -1.91. The highest BCUT2D eigenvalue weighted by molar-refractivity contribution is 5.90. The minimum absolute atomic E-state index is 0.0520. The predicted octanol–water partition coefficient (Wildman–Crippen LogP) is 11.3. The molecule has 0 aromatic heterocycles. The van der Waals surface area contributed by atoms with Crippen LogP contribution in [0, 0.1) is 29.6 Å². The maximum Gasteiger partial charge on any atom is 0.408 e. The Morgan fingerprint density at radius 2 is 0.523 bits per heavy atom. The lowest BCUT2D eigenvalue weighted by atomic mass is 10.0. The van der Waals surface area contributed by atoms with Crippen molar-refractivity contribution >= 4 is 73.1 Å². The van der Waals surface area contributed by atoms with Crippen LogP contribution in [-0.4, -0.2) is 121 Å². The molecule has 24 heteroatoms. The molecule has 8 amide bonds. The third-order valence-electron chi connectivity index (χ3n) is 16.4.